The predicted octanol–water partition coefficient (Wildman–Crippen LogP) is 6.00. The summed E-state index contributed by atoms with van der Waals surface area (Å²) in [7, 11) is 0. The molecular weight excluding hydrogens is 418 g/mol. The fraction of sp³-hybridized carbons (Fsp3) is 0. The standard InChI is InChI=1S/C23H14ClN3O2S/c24-17-12-10-16(11-13-17)22(28)29-20-9-5-4-8-18(20)21-25-23-27(26-21)19(14-30-23)15-6-2-1-3-7-15/h1-14H. The van der Waals surface area contributed by atoms with E-state index in [1.54, 1.807) is 30.3 Å². The lowest BCUT2D eigenvalue weighted by atomic mass is 10.2. The normalized spacial score (nSPS) is 11.0. The molecule has 5 rings (SSSR count). The number of benzene rings is 3. The molecular formula is C23H14ClN3O2S. The second-order valence-corrected chi connectivity index (χ2v) is 7.78. The fourth-order valence-corrected chi connectivity index (χ4v) is 4.05. The second-order valence-electron chi connectivity index (χ2n) is 6.51. The minimum Gasteiger partial charge on any atom is -0.422 e. The molecule has 0 radical (unpaired) electrons. The Morgan fingerprint density at radius 3 is 2.47 bits per heavy atom. The van der Waals surface area contributed by atoms with Crippen LogP contribution in [0.15, 0.2) is 84.2 Å². The zero-order chi connectivity index (χ0) is 20.5. The second kappa shape index (κ2) is 7.74. The van der Waals surface area contributed by atoms with Gasteiger partial charge in [-0.2, -0.15) is 4.98 Å². The maximum absolute atomic E-state index is 12.6. The maximum atomic E-state index is 12.6. The number of halogens is 1. The highest BCUT2D eigenvalue weighted by molar-refractivity contribution is 7.15. The van der Waals surface area contributed by atoms with Crippen molar-refractivity contribution in [1.82, 2.24) is 14.6 Å². The van der Waals surface area contributed by atoms with Gasteiger partial charge in [0, 0.05) is 16.0 Å². The van der Waals surface area contributed by atoms with Crippen molar-refractivity contribution in [3.63, 3.8) is 0 Å². The number of nitrogens with zero attached hydrogens (tertiary/aromatic N) is 3. The highest BCUT2D eigenvalue weighted by atomic mass is 35.5. The molecule has 30 heavy (non-hydrogen) atoms. The van der Waals surface area contributed by atoms with Gasteiger partial charge < -0.3 is 4.74 Å². The maximum Gasteiger partial charge on any atom is 0.343 e. The third kappa shape index (κ3) is 3.47. The Hall–Kier alpha value is -3.48. The molecule has 0 unspecified atom stereocenters. The van der Waals surface area contributed by atoms with E-state index in [-0.39, 0.29) is 0 Å². The van der Waals surface area contributed by atoms with Crippen molar-refractivity contribution in [2.45, 2.75) is 0 Å². The number of carbonyl (C=O) groups is 1. The van der Waals surface area contributed by atoms with Crippen LogP contribution < -0.4 is 4.74 Å². The summed E-state index contributed by atoms with van der Waals surface area (Å²) in [5.74, 6) is 0.431. The van der Waals surface area contributed by atoms with E-state index in [0.717, 1.165) is 16.2 Å². The van der Waals surface area contributed by atoms with Crippen molar-refractivity contribution in [2.75, 3.05) is 0 Å². The molecule has 0 aliphatic carbocycles. The van der Waals surface area contributed by atoms with E-state index < -0.39 is 5.97 Å². The number of carbonyl (C=O) groups excluding carboxylic acids is 1. The van der Waals surface area contributed by atoms with Gasteiger partial charge in [0.25, 0.3) is 0 Å². The van der Waals surface area contributed by atoms with Crippen molar-refractivity contribution in [1.29, 1.82) is 0 Å². The molecule has 0 saturated heterocycles. The molecule has 0 amide bonds. The van der Waals surface area contributed by atoms with E-state index in [4.69, 9.17) is 16.3 Å². The summed E-state index contributed by atoms with van der Waals surface area (Å²) in [6.07, 6.45) is 0. The summed E-state index contributed by atoms with van der Waals surface area (Å²) in [6.45, 7) is 0. The van der Waals surface area contributed by atoms with E-state index in [1.165, 1.54) is 11.3 Å². The number of aromatic nitrogens is 3. The van der Waals surface area contributed by atoms with Crippen molar-refractivity contribution >= 4 is 33.9 Å². The van der Waals surface area contributed by atoms with E-state index in [0.29, 0.717) is 27.7 Å². The van der Waals surface area contributed by atoms with E-state index in [1.807, 2.05) is 58.4 Å². The van der Waals surface area contributed by atoms with E-state index in [2.05, 4.69) is 10.1 Å². The van der Waals surface area contributed by atoms with Crippen LogP contribution >= 0.6 is 22.9 Å². The highest BCUT2D eigenvalue weighted by Gasteiger charge is 2.18. The molecule has 3 aromatic carbocycles. The molecule has 0 bridgehead atoms. The number of esters is 1. The lowest BCUT2D eigenvalue weighted by molar-refractivity contribution is 0.0735. The molecule has 146 valence electrons. The Morgan fingerprint density at radius 1 is 0.933 bits per heavy atom. The highest BCUT2D eigenvalue weighted by Crippen LogP contribution is 2.31. The van der Waals surface area contributed by atoms with Crippen LogP contribution in [0.25, 0.3) is 27.6 Å². The first-order chi connectivity index (χ1) is 14.7. The molecule has 0 spiro atoms. The predicted molar refractivity (Wildman–Crippen MR) is 118 cm³/mol. The topological polar surface area (TPSA) is 56.5 Å². The van der Waals surface area contributed by atoms with Gasteiger partial charge in [-0.3, -0.25) is 0 Å². The number of ether oxygens (including phenoxy) is 1. The van der Waals surface area contributed by atoms with Gasteiger partial charge in [0.1, 0.15) is 5.75 Å². The zero-order valence-corrected chi connectivity index (χ0v) is 17.1. The third-order valence-corrected chi connectivity index (χ3v) is 5.63. The number of para-hydroxylation sites is 1. The molecule has 0 fully saturated rings. The molecule has 0 atom stereocenters. The molecule has 2 aromatic heterocycles. The Bertz CT molecular complexity index is 1340. The first-order valence-electron chi connectivity index (χ1n) is 9.16. The summed E-state index contributed by atoms with van der Waals surface area (Å²) in [5.41, 5.74) is 3.08. The van der Waals surface area contributed by atoms with E-state index in [9.17, 15) is 4.79 Å². The average molecular weight is 432 g/mol. The lowest BCUT2D eigenvalue weighted by Gasteiger charge is -2.08. The van der Waals surface area contributed by atoms with E-state index >= 15 is 0 Å². The van der Waals surface area contributed by atoms with Gasteiger partial charge in [-0.25, -0.2) is 9.31 Å². The molecule has 7 heteroatoms. The Kier molecular flexibility index (Phi) is 4.78. The SMILES string of the molecule is O=C(Oc1ccccc1-c1nc2scc(-c3ccccc3)n2n1)c1ccc(Cl)cc1. The molecule has 0 aliphatic heterocycles. The molecule has 5 aromatic rings. The van der Waals surface area contributed by atoms with Crippen LogP contribution in [0, 0.1) is 0 Å². The Morgan fingerprint density at radius 2 is 1.67 bits per heavy atom. The summed E-state index contributed by atoms with van der Waals surface area (Å²) in [6, 6.07) is 23.8. The van der Waals surface area contributed by atoms with Crippen LogP contribution in [0.3, 0.4) is 0 Å². The largest absolute Gasteiger partial charge is 0.422 e. The van der Waals surface area contributed by atoms with Gasteiger partial charge in [-0.05, 0) is 36.4 Å². The number of fused-ring (bicyclic) bond motifs is 1. The number of thiazole rings is 1. The number of hydrogen-bond acceptors (Lipinski definition) is 5. The monoisotopic (exact) mass is 431 g/mol. The van der Waals surface area contributed by atoms with Crippen molar-refractivity contribution in [2.24, 2.45) is 0 Å². The van der Waals surface area contributed by atoms with Gasteiger partial charge in [0.15, 0.2) is 5.82 Å². The van der Waals surface area contributed by atoms with Gasteiger partial charge in [0.2, 0.25) is 4.96 Å². The molecule has 0 N–H and O–H groups in total. The quantitative estimate of drug-likeness (QED) is 0.259. The summed E-state index contributed by atoms with van der Waals surface area (Å²) >= 11 is 7.41. The summed E-state index contributed by atoms with van der Waals surface area (Å²) in [5, 5.41) is 7.27. The number of hydrogen-bond donors (Lipinski definition) is 0. The Balaban J connectivity index is 1.51. The van der Waals surface area contributed by atoms with Crippen molar-refractivity contribution < 1.29 is 9.53 Å². The average Bonchev–Trinajstić information content (AvgIpc) is 3.36. The first-order valence-corrected chi connectivity index (χ1v) is 10.4. The first kappa shape index (κ1) is 18.5. The molecule has 0 saturated carbocycles. The van der Waals surface area contributed by atoms with Crippen LogP contribution in [0.4, 0.5) is 0 Å². The van der Waals surface area contributed by atoms with Crippen LogP contribution in [0.1, 0.15) is 10.4 Å². The Labute approximate surface area is 181 Å². The molecule has 2 heterocycles. The zero-order valence-electron chi connectivity index (χ0n) is 15.5. The van der Waals surface area contributed by atoms with Crippen LogP contribution in [0.2, 0.25) is 5.02 Å². The third-order valence-electron chi connectivity index (χ3n) is 4.56. The van der Waals surface area contributed by atoms with Gasteiger partial charge >= 0.3 is 5.97 Å². The van der Waals surface area contributed by atoms with Gasteiger partial charge in [-0.15, -0.1) is 16.4 Å². The summed E-state index contributed by atoms with van der Waals surface area (Å²) < 4.78 is 7.46. The lowest BCUT2D eigenvalue weighted by Crippen LogP contribution is -2.09. The van der Waals surface area contributed by atoms with Gasteiger partial charge in [-0.1, -0.05) is 54.1 Å². The van der Waals surface area contributed by atoms with Crippen LogP contribution in [0.5, 0.6) is 5.75 Å². The number of rotatable bonds is 4. The minimum atomic E-state index is -0.467. The minimum absolute atomic E-state index is 0.400. The van der Waals surface area contributed by atoms with Crippen molar-refractivity contribution in [3.05, 3.63) is 94.8 Å². The molecule has 0 aliphatic rings. The van der Waals surface area contributed by atoms with Crippen LogP contribution in [-0.2, 0) is 0 Å². The van der Waals surface area contributed by atoms with Crippen LogP contribution in [-0.4, -0.2) is 20.6 Å². The summed E-state index contributed by atoms with van der Waals surface area (Å²) in [4.78, 5) is 18.0. The molecule has 5 nitrogen and oxygen atoms in total. The smallest absolute Gasteiger partial charge is 0.343 e. The van der Waals surface area contributed by atoms with Crippen molar-refractivity contribution in [3.8, 4) is 28.4 Å². The van der Waals surface area contributed by atoms with Gasteiger partial charge in [0.05, 0.1) is 16.8 Å². The fourth-order valence-electron chi connectivity index (χ4n) is 3.09.